The Bertz CT molecular complexity index is 2680. The maximum Gasteiger partial charge on any atom is 0.0462 e. The minimum absolute atomic E-state index is 1.11. The Balaban J connectivity index is 1.05. The Kier molecular flexibility index (Phi) is 9.75. The van der Waals surface area contributed by atoms with Gasteiger partial charge in [0.2, 0.25) is 0 Å². The van der Waals surface area contributed by atoms with Crippen molar-refractivity contribution >= 4 is 80.0 Å². The molecule has 0 saturated carbocycles. The van der Waals surface area contributed by atoms with Gasteiger partial charge in [-0.2, -0.15) is 0 Å². The van der Waals surface area contributed by atoms with E-state index in [1.165, 1.54) is 32.7 Å². The third kappa shape index (κ3) is 7.37. The van der Waals surface area contributed by atoms with Crippen LogP contribution in [0.15, 0.2) is 218 Å². The van der Waals surface area contributed by atoms with E-state index in [0.717, 1.165) is 45.3 Å². The Morgan fingerprint density at radius 2 is 0.643 bits per heavy atom. The molecule has 9 aromatic carbocycles. The van der Waals surface area contributed by atoms with Gasteiger partial charge >= 0.3 is 0 Å². The number of anilines is 6. The van der Waals surface area contributed by atoms with Gasteiger partial charge in [-0.05, 0) is 129 Å². The molecule has 56 heavy (non-hydrogen) atoms. The number of hydrogen-bond donors (Lipinski definition) is 0. The standard InChI is InChI=1S/C54H40N2/c1-5-17-47(18-6-1)55(48-19-7-2-8-20-48)51-34-26-41(27-35-51)25-31-43-32-33-46-39-44-15-13-14-16-45(44)40-54(46)53(43)38-30-42-28-36-52(37-29-42)56(49-21-9-3-10-22-49)50-23-11-4-12-24-50/h1-40H. The molecule has 0 radical (unpaired) electrons. The van der Waals surface area contributed by atoms with Gasteiger partial charge in [0.25, 0.3) is 0 Å². The topological polar surface area (TPSA) is 6.48 Å². The molecular weight excluding hydrogens is 677 g/mol. The van der Waals surface area contributed by atoms with Gasteiger partial charge in [-0.3, -0.25) is 0 Å². The molecule has 0 amide bonds. The summed E-state index contributed by atoms with van der Waals surface area (Å²) in [7, 11) is 0. The van der Waals surface area contributed by atoms with Gasteiger partial charge < -0.3 is 9.80 Å². The summed E-state index contributed by atoms with van der Waals surface area (Å²) in [5.74, 6) is 0. The summed E-state index contributed by atoms with van der Waals surface area (Å²) in [5, 5.41) is 4.94. The molecule has 0 unspecified atom stereocenters. The summed E-state index contributed by atoms with van der Waals surface area (Å²) in [5.41, 5.74) is 11.4. The van der Waals surface area contributed by atoms with Crippen LogP contribution in [0.25, 0.3) is 45.8 Å². The van der Waals surface area contributed by atoms with Crippen molar-refractivity contribution in [1.82, 2.24) is 0 Å². The highest BCUT2D eigenvalue weighted by atomic mass is 15.1. The van der Waals surface area contributed by atoms with Gasteiger partial charge in [0.05, 0.1) is 0 Å². The van der Waals surface area contributed by atoms with Crippen LogP contribution in [0, 0.1) is 0 Å². The average molecular weight is 717 g/mol. The fourth-order valence-corrected chi connectivity index (χ4v) is 7.42. The molecule has 9 rings (SSSR count). The quantitative estimate of drug-likeness (QED) is 0.103. The molecule has 0 heterocycles. The Morgan fingerprint density at radius 1 is 0.268 bits per heavy atom. The average Bonchev–Trinajstić information content (AvgIpc) is 3.27. The minimum atomic E-state index is 1.11. The predicted molar refractivity (Wildman–Crippen MR) is 242 cm³/mol. The van der Waals surface area contributed by atoms with Crippen LogP contribution in [0.5, 0.6) is 0 Å². The number of benzene rings is 9. The second-order valence-corrected chi connectivity index (χ2v) is 13.9. The number of hydrogen-bond acceptors (Lipinski definition) is 2. The molecule has 9 aromatic rings. The van der Waals surface area contributed by atoms with Crippen molar-refractivity contribution in [3.05, 3.63) is 241 Å². The Hall–Kier alpha value is -7.42. The third-order valence-electron chi connectivity index (χ3n) is 10.2. The van der Waals surface area contributed by atoms with E-state index in [9.17, 15) is 0 Å². The lowest BCUT2D eigenvalue weighted by molar-refractivity contribution is 1.28. The zero-order valence-electron chi connectivity index (χ0n) is 31.0. The van der Waals surface area contributed by atoms with Crippen molar-refractivity contribution in [2.45, 2.75) is 0 Å². The van der Waals surface area contributed by atoms with E-state index >= 15 is 0 Å². The van der Waals surface area contributed by atoms with Crippen molar-refractivity contribution in [2.75, 3.05) is 9.80 Å². The zero-order valence-corrected chi connectivity index (χ0v) is 31.0. The van der Waals surface area contributed by atoms with E-state index in [-0.39, 0.29) is 0 Å². The SMILES string of the molecule is C(=Cc1ccc2cc3ccccc3cc2c1C=Cc1ccc(N(c2ccccc2)c2ccccc2)cc1)c1ccc(N(c2ccccc2)c2ccccc2)cc1. The summed E-state index contributed by atoms with van der Waals surface area (Å²) in [6.07, 6.45) is 8.97. The molecule has 266 valence electrons. The first-order chi connectivity index (χ1) is 27.8. The van der Waals surface area contributed by atoms with E-state index in [1.54, 1.807) is 0 Å². The normalized spacial score (nSPS) is 11.4. The number of nitrogens with zero attached hydrogens (tertiary/aromatic N) is 2. The molecule has 2 nitrogen and oxygen atoms in total. The van der Waals surface area contributed by atoms with Crippen molar-refractivity contribution in [3.8, 4) is 0 Å². The maximum absolute atomic E-state index is 2.33. The zero-order chi connectivity index (χ0) is 37.5. The molecule has 0 saturated heterocycles. The van der Waals surface area contributed by atoms with Crippen molar-refractivity contribution in [3.63, 3.8) is 0 Å². The molecule has 0 aromatic heterocycles. The number of fused-ring (bicyclic) bond motifs is 2. The molecule has 0 aliphatic heterocycles. The van der Waals surface area contributed by atoms with Crippen LogP contribution in [-0.2, 0) is 0 Å². The fourth-order valence-electron chi connectivity index (χ4n) is 7.42. The predicted octanol–water partition coefficient (Wildman–Crippen LogP) is 15.3. The third-order valence-corrected chi connectivity index (χ3v) is 10.2. The molecule has 0 fully saturated rings. The Morgan fingerprint density at radius 3 is 1.09 bits per heavy atom. The van der Waals surface area contributed by atoms with E-state index in [0.29, 0.717) is 0 Å². The molecule has 0 aliphatic rings. The summed E-state index contributed by atoms with van der Waals surface area (Å²) < 4.78 is 0. The largest absolute Gasteiger partial charge is 0.311 e. The maximum atomic E-state index is 2.33. The second-order valence-electron chi connectivity index (χ2n) is 13.9. The van der Waals surface area contributed by atoms with E-state index in [4.69, 9.17) is 0 Å². The second kappa shape index (κ2) is 15.9. The van der Waals surface area contributed by atoms with Crippen LogP contribution in [0.2, 0.25) is 0 Å². The monoisotopic (exact) mass is 716 g/mol. The van der Waals surface area contributed by atoms with Gasteiger partial charge in [0.1, 0.15) is 0 Å². The highest BCUT2D eigenvalue weighted by molar-refractivity contribution is 6.04. The Labute approximate surface area is 329 Å². The lowest BCUT2D eigenvalue weighted by atomic mass is 9.94. The van der Waals surface area contributed by atoms with E-state index in [1.807, 2.05) is 0 Å². The first-order valence-electron chi connectivity index (χ1n) is 19.1. The number of rotatable bonds is 10. The van der Waals surface area contributed by atoms with Crippen LogP contribution in [-0.4, -0.2) is 0 Å². The van der Waals surface area contributed by atoms with Gasteiger partial charge in [-0.25, -0.2) is 0 Å². The molecule has 2 heteroatoms. The molecule has 0 bridgehead atoms. The van der Waals surface area contributed by atoms with Gasteiger partial charge in [0.15, 0.2) is 0 Å². The smallest absolute Gasteiger partial charge is 0.0462 e. The lowest BCUT2D eigenvalue weighted by Crippen LogP contribution is -2.09. The summed E-state index contributed by atoms with van der Waals surface area (Å²) in [6, 6.07) is 77.5. The molecule has 0 spiro atoms. The molecule has 0 atom stereocenters. The van der Waals surface area contributed by atoms with Gasteiger partial charge in [-0.1, -0.05) is 158 Å². The van der Waals surface area contributed by atoms with Gasteiger partial charge in [-0.15, -0.1) is 0 Å². The fraction of sp³-hybridized carbons (Fsp3) is 0. The number of para-hydroxylation sites is 4. The van der Waals surface area contributed by atoms with E-state index in [2.05, 4.69) is 252 Å². The summed E-state index contributed by atoms with van der Waals surface area (Å²) in [4.78, 5) is 4.58. The minimum Gasteiger partial charge on any atom is -0.311 e. The summed E-state index contributed by atoms with van der Waals surface area (Å²) in [6.45, 7) is 0. The van der Waals surface area contributed by atoms with Crippen LogP contribution in [0.3, 0.4) is 0 Å². The highest BCUT2D eigenvalue weighted by Crippen LogP contribution is 2.36. The van der Waals surface area contributed by atoms with Gasteiger partial charge in [0, 0.05) is 34.1 Å². The molecule has 0 N–H and O–H groups in total. The van der Waals surface area contributed by atoms with Crippen LogP contribution in [0.1, 0.15) is 22.3 Å². The first kappa shape index (κ1) is 34.4. The lowest BCUT2D eigenvalue weighted by Gasteiger charge is -2.25. The summed E-state index contributed by atoms with van der Waals surface area (Å²) >= 11 is 0. The van der Waals surface area contributed by atoms with Crippen molar-refractivity contribution < 1.29 is 0 Å². The van der Waals surface area contributed by atoms with Crippen LogP contribution >= 0.6 is 0 Å². The molecular formula is C54H40N2. The van der Waals surface area contributed by atoms with Crippen LogP contribution in [0.4, 0.5) is 34.1 Å². The first-order valence-corrected chi connectivity index (χ1v) is 19.1. The van der Waals surface area contributed by atoms with Crippen molar-refractivity contribution in [2.24, 2.45) is 0 Å². The van der Waals surface area contributed by atoms with Crippen molar-refractivity contribution in [1.29, 1.82) is 0 Å². The highest BCUT2D eigenvalue weighted by Gasteiger charge is 2.13. The van der Waals surface area contributed by atoms with E-state index < -0.39 is 0 Å². The molecule has 0 aliphatic carbocycles. The van der Waals surface area contributed by atoms with Crippen LogP contribution < -0.4 is 9.80 Å².